The van der Waals surface area contributed by atoms with Crippen molar-refractivity contribution in [2.45, 2.75) is 52.0 Å². The Balaban J connectivity index is 1.86. The molecular weight excluding hydrogens is 260 g/mol. The van der Waals surface area contributed by atoms with Crippen LogP contribution >= 0.6 is 0 Å². The smallest absolute Gasteiger partial charge is 0.215 e. The molecule has 19 heavy (non-hydrogen) atoms. The van der Waals surface area contributed by atoms with Crippen LogP contribution in [0.4, 0.5) is 0 Å². The van der Waals surface area contributed by atoms with Gasteiger partial charge in [-0.2, -0.15) is 0 Å². The molecule has 0 aliphatic carbocycles. The normalized spacial score (nSPS) is 27.8. The summed E-state index contributed by atoms with van der Waals surface area (Å²) in [4.78, 5) is 0. The molecule has 0 spiro atoms. The van der Waals surface area contributed by atoms with E-state index in [1.807, 2.05) is 0 Å². The van der Waals surface area contributed by atoms with Gasteiger partial charge in [0.25, 0.3) is 0 Å². The molecule has 2 aliphatic rings. The van der Waals surface area contributed by atoms with Gasteiger partial charge in [-0.1, -0.05) is 20.3 Å². The molecule has 1 unspecified atom stereocenters. The third-order valence-corrected chi connectivity index (χ3v) is 6.63. The first-order valence-electron chi connectivity index (χ1n) is 7.70. The minimum atomic E-state index is -3.06. The van der Waals surface area contributed by atoms with Crippen molar-refractivity contribution in [3.8, 4) is 0 Å². The predicted molar refractivity (Wildman–Crippen MR) is 78.6 cm³/mol. The molecule has 0 radical (unpaired) electrons. The van der Waals surface area contributed by atoms with E-state index >= 15 is 0 Å². The Morgan fingerprint density at radius 3 is 2.37 bits per heavy atom. The Bertz CT molecular complexity index is 367. The lowest BCUT2D eigenvalue weighted by molar-refractivity contribution is 0.226. The van der Waals surface area contributed by atoms with Crippen LogP contribution in [-0.2, 0) is 10.0 Å². The maximum Gasteiger partial charge on any atom is 0.215 e. The summed E-state index contributed by atoms with van der Waals surface area (Å²) >= 11 is 0. The SMILES string of the molecule is CC(C)C1CCN(S(=O)(=O)CC2CCCCN2)CC1. The standard InChI is InChI=1S/C14H28N2O2S/c1-12(2)13-6-9-16(10-7-13)19(17,18)11-14-5-3-4-8-15-14/h12-15H,3-11H2,1-2H3. The zero-order valence-corrected chi connectivity index (χ0v) is 13.1. The van der Waals surface area contributed by atoms with E-state index < -0.39 is 10.0 Å². The van der Waals surface area contributed by atoms with Gasteiger partial charge >= 0.3 is 0 Å². The van der Waals surface area contributed by atoms with Crippen LogP contribution in [0.3, 0.4) is 0 Å². The van der Waals surface area contributed by atoms with Gasteiger partial charge in [0.15, 0.2) is 0 Å². The predicted octanol–water partition coefficient (Wildman–Crippen LogP) is 1.83. The van der Waals surface area contributed by atoms with Crippen LogP contribution in [0.25, 0.3) is 0 Å². The molecule has 112 valence electrons. The summed E-state index contributed by atoms with van der Waals surface area (Å²) in [6.07, 6.45) is 5.38. The molecule has 2 saturated heterocycles. The summed E-state index contributed by atoms with van der Waals surface area (Å²) < 4.78 is 26.6. The molecule has 1 atom stereocenters. The second-order valence-electron chi connectivity index (χ2n) is 6.41. The van der Waals surface area contributed by atoms with Crippen molar-refractivity contribution in [2.24, 2.45) is 11.8 Å². The fourth-order valence-corrected chi connectivity index (χ4v) is 5.02. The maximum atomic E-state index is 12.4. The maximum absolute atomic E-state index is 12.4. The molecule has 0 bridgehead atoms. The topological polar surface area (TPSA) is 49.4 Å². The number of piperidine rings is 2. The van der Waals surface area contributed by atoms with Gasteiger partial charge in [0, 0.05) is 19.1 Å². The summed E-state index contributed by atoms with van der Waals surface area (Å²) in [5.74, 6) is 1.66. The van der Waals surface area contributed by atoms with Crippen molar-refractivity contribution in [3.63, 3.8) is 0 Å². The van der Waals surface area contributed by atoms with Gasteiger partial charge in [-0.25, -0.2) is 12.7 Å². The third kappa shape index (κ3) is 4.17. The number of nitrogens with one attached hydrogen (secondary N) is 1. The van der Waals surface area contributed by atoms with E-state index in [2.05, 4.69) is 19.2 Å². The monoisotopic (exact) mass is 288 g/mol. The van der Waals surface area contributed by atoms with Crippen LogP contribution in [0.15, 0.2) is 0 Å². The summed E-state index contributed by atoms with van der Waals surface area (Å²) in [5.41, 5.74) is 0. The molecule has 4 nitrogen and oxygen atoms in total. The lowest BCUT2D eigenvalue weighted by Gasteiger charge is -2.34. The van der Waals surface area contributed by atoms with Crippen LogP contribution in [0, 0.1) is 11.8 Å². The number of hydrogen-bond acceptors (Lipinski definition) is 3. The highest BCUT2D eigenvalue weighted by atomic mass is 32.2. The Morgan fingerprint density at radius 1 is 1.16 bits per heavy atom. The van der Waals surface area contributed by atoms with Gasteiger partial charge in [-0.15, -0.1) is 0 Å². The molecule has 2 aliphatic heterocycles. The Morgan fingerprint density at radius 2 is 1.84 bits per heavy atom. The van der Waals surface area contributed by atoms with E-state index in [1.165, 1.54) is 6.42 Å². The molecule has 0 aromatic rings. The van der Waals surface area contributed by atoms with Crippen molar-refractivity contribution >= 4 is 10.0 Å². The number of hydrogen-bond donors (Lipinski definition) is 1. The van der Waals surface area contributed by atoms with Crippen molar-refractivity contribution in [1.29, 1.82) is 0 Å². The minimum Gasteiger partial charge on any atom is -0.313 e. The molecule has 0 saturated carbocycles. The molecule has 2 heterocycles. The van der Waals surface area contributed by atoms with Gasteiger partial charge < -0.3 is 5.32 Å². The lowest BCUT2D eigenvalue weighted by atomic mass is 9.87. The van der Waals surface area contributed by atoms with Gasteiger partial charge in [-0.05, 0) is 44.1 Å². The fourth-order valence-electron chi connectivity index (χ4n) is 3.25. The van der Waals surface area contributed by atoms with Gasteiger partial charge in [0.05, 0.1) is 5.75 Å². The fraction of sp³-hybridized carbons (Fsp3) is 1.00. The van der Waals surface area contributed by atoms with Gasteiger partial charge in [0.1, 0.15) is 0 Å². The van der Waals surface area contributed by atoms with Crippen molar-refractivity contribution < 1.29 is 8.42 Å². The molecule has 0 aromatic heterocycles. The van der Waals surface area contributed by atoms with E-state index in [4.69, 9.17) is 0 Å². The largest absolute Gasteiger partial charge is 0.313 e. The van der Waals surface area contributed by atoms with Crippen molar-refractivity contribution in [2.75, 3.05) is 25.4 Å². The summed E-state index contributed by atoms with van der Waals surface area (Å²) in [6, 6.07) is 0.168. The first-order chi connectivity index (χ1) is 8.99. The first-order valence-corrected chi connectivity index (χ1v) is 9.31. The molecule has 5 heteroatoms. The Hall–Kier alpha value is -0.130. The Labute approximate surface area is 118 Å². The van der Waals surface area contributed by atoms with Crippen LogP contribution in [0.2, 0.25) is 0 Å². The van der Waals surface area contributed by atoms with Gasteiger partial charge in [0.2, 0.25) is 10.0 Å². The molecule has 1 N–H and O–H groups in total. The number of sulfonamides is 1. The van der Waals surface area contributed by atoms with Gasteiger partial charge in [-0.3, -0.25) is 0 Å². The highest BCUT2D eigenvalue weighted by Crippen LogP contribution is 2.26. The average molecular weight is 288 g/mol. The minimum absolute atomic E-state index is 0.168. The second-order valence-corrected chi connectivity index (χ2v) is 8.42. The van der Waals surface area contributed by atoms with Crippen LogP contribution in [0.1, 0.15) is 46.0 Å². The molecule has 2 rings (SSSR count). The average Bonchev–Trinajstić information content (AvgIpc) is 2.39. The highest BCUT2D eigenvalue weighted by molar-refractivity contribution is 7.89. The number of rotatable bonds is 4. The number of nitrogens with zero attached hydrogens (tertiary/aromatic N) is 1. The van der Waals surface area contributed by atoms with Crippen LogP contribution < -0.4 is 5.32 Å². The van der Waals surface area contributed by atoms with Crippen molar-refractivity contribution in [3.05, 3.63) is 0 Å². The Kier molecular flexibility index (Phi) is 5.26. The van der Waals surface area contributed by atoms with E-state index in [9.17, 15) is 8.42 Å². The molecular formula is C14H28N2O2S. The quantitative estimate of drug-likeness (QED) is 0.858. The molecule has 0 amide bonds. The zero-order valence-electron chi connectivity index (χ0n) is 12.3. The van der Waals surface area contributed by atoms with E-state index in [1.54, 1.807) is 4.31 Å². The zero-order chi connectivity index (χ0) is 13.9. The summed E-state index contributed by atoms with van der Waals surface area (Å²) in [5, 5.41) is 3.34. The highest BCUT2D eigenvalue weighted by Gasteiger charge is 2.31. The van der Waals surface area contributed by atoms with Crippen LogP contribution in [-0.4, -0.2) is 44.2 Å². The molecule has 2 fully saturated rings. The first kappa shape index (κ1) is 15.3. The van der Waals surface area contributed by atoms with Crippen molar-refractivity contribution in [1.82, 2.24) is 9.62 Å². The summed E-state index contributed by atoms with van der Waals surface area (Å²) in [6.45, 7) is 6.88. The second kappa shape index (κ2) is 6.55. The van der Waals surface area contributed by atoms with E-state index in [0.717, 1.165) is 45.3 Å². The van der Waals surface area contributed by atoms with E-state index in [0.29, 0.717) is 17.6 Å². The lowest BCUT2D eigenvalue weighted by Crippen LogP contribution is -2.46. The molecule has 0 aromatic carbocycles. The van der Waals surface area contributed by atoms with Crippen LogP contribution in [0.5, 0.6) is 0 Å². The van der Waals surface area contributed by atoms with E-state index in [-0.39, 0.29) is 6.04 Å². The third-order valence-electron chi connectivity index (χ3n) is 4.66. The summed E-state index contributed by atoms with van der Waals surface area (Å²) in [7, 11) is -3.06.